The van der Waals surface area contributed by atoms with Gasteiger partial charge in [0.2, 0.25) is 0 Å². The van der Waals surface area contributed by atoms with Crippen molar-refractivity contribution in [3.8, 4) is 11.5 Å². The van der Waals surface area contributed by atoms with Crippen molar-refractivity contribution >= 4 is 17.3 Å². The zero-order valence-corrected chi connectivity index (χ0v) is 12.6. The Morgan fingerprint density at radius 1 is 1.29 bits per heavy atom. The number of nitrogens with one attached hydrogen (secondary N) is 1. The van der Waals surface area contributed by atoms with Crippen LogP contribution in [0.4, 0.5) is 0 Å². The van der Waals surface area contributed by atoms with E-state index in [-0.39, 0.29) is 0 Å². The minimum absolute atomic E-state index is 0.503. The molecule has 2 rings (SSSR count). The van der Waals surface area contributed by atoms with Gasteiger partial charge in [0.1, 0.15) is 6.04 Å². The number of carboxylic acids is 1. The van der Waals surface area contributed by atoms with Crippen molar-refractivity contribution in [3.63, 3.8) is 0 Å². The van der Waals surface area contributed by atoms with E-state index in [0.29, 0.717) is 23.6 Å². The highest BCUT2D eigenvalue weighted by molar-refractivity contribution is 7.09. The molecule has 1 aromatic carbocycles. The third-order valence-corrected chi connectivity index (χ3v) is 3.92. The van der Waals surface area contributed by atoms with Crippen LogP contribution in [0.15, 0.2) is 35.7 Å². The summed E-state index contributed by atoms with van der Waals surface area (Å²) in [6.45, 7) is 0.503. The minimum atomic E-state index is -0.932. The van der Waals surface area contributed by atoms with Crippen molar-refractivity contribution in [1.29, 1.82) is 0 Å². The molecule has 21 heavy (non-hydrogen) atoms. The SMILES string of the molecule is COc1ccc(C(NCc2cccs2)C(=O)O)cc1OC. The molecule has 1 atom stereocenters. The van der Waals surface area contributed by atoms with E-state index in [1.807, 2.05) is 17.5 Å². The van der Waals surface area contributed by atoms with Gasteiger partial charge in [-0.2, -0.15) is 0 Å². The summed E-state index contributed by atoms with van der Waals surface area (Å²) >= 11 is 1.59. The average molecular weight is 307 g/mol. The lowest BCUT2D eigenvalue weighted by Crippen LogP contribution is -2.27. The lowest BCUT2D eigenvalue weighted by Gasteiger charge is -2.16. The largest absolute Gasteiger partial charge is 0.493 e. The maximum atomic E-state index is 11.5. The van der Waals surface area contributed by atoms with Crippen LogP contribution in [0.25, 0.3) is 0 Å². The number of carboxylic acid groups (broad SMARTS) is 1. The van der Waals surface area contributed by atoms with E-state index in [4.69, 9.17) is 9.47 Å². The molecule has 0 fully saturated rings. The fourth-order valence-corrected chi connectivity index (χ4v) is 2.65. The summed E-state index contributed by atoms with van der Waals surface area (Å²) in [7, 11) is 3.07. The summed E-state index contributed by atoms with van der Waals surface area (Å²) in [5.74, 6) is 0.154. The molecule has 2 N–H and O–H groups in total. The topological polar surface area (TPSA) is 67.8 Å². The smallest absolute Gasteiger partial charge is 0.325 e. The molecule has 6 heteroatoms. The first kappa shape index (κ1) is 15.3. The van der Waals surface area contributed by atoms with E-state index in [2.05, 4.69) is 5.32 Å². The van der Waals surface area contributed by atoms with Crippen LogP contribution in [0.5, 0.6) is 11.5 Å². The fraction of sp³-hybridized carbons (Fsp3) is 0.267. The highest BCUT2D eigenvalue weighted by Crippen LogP contribution is 2.30. The lowest BCUT2D eigenvalue weighted by atomic mass is 10.1. The lowest BCUT2D eigenvalue weighted by molar-refractivity contribution is -0.139. The third-order valence-electron chi connectivity index (χ3n) is 3.05. The Balaban J connectivity index is 2.19. The van der Waals surface area contributed by atoms with Crippen LogP contribution < -0.4 is 14.8 Å². The third kappa shape index (κ3) is 3.74. The number of methoxy groups -OCH3 is 2. The van der Waals surface area contributed by atoms with E-state index < -0.39 is 12.0 Å². The Kier molecular flexibility index (Phi) is 5.19. The monoisotopic (exact) mass is 307 g/mol. The van der Waals surface area contributed by atoms with Crippen molar-refractivity contribution < 1.29 is 19.4 Å². The molecule has 0 saturated heterocycles. The number of carbonyl (C=O) groups is 1. The number of rotatable bonds is 7. The summed E-state index contributed by atoms with van der Waals surface area (Å²) in [5.41, 5.74) is 0.622. The summed E-state index contributed by atoms with van der Waals surface area (Å²) in [4.78, 5) is 12.6. The quantitative estimate of drug-likeness (QED) is 0.823. The van der Waals surface area contributed by atoms with E-state index in [1.165, 1.54) is 7.11 Å². The first-order valence-electron chi connectivity index (χ1n) is 6.36. The molecular weight excluding hydrogens is 290 g/mol. The molecule has 0 aliphatic rings. The molecule has 5 nitrogen and oxygen atoms in total. The van der Waals surface area contributed by atoms with Crippen molar-refractivity contribution in [3.05, 3.63) is 46.2 Å². The van der Waals surface area contributed by atoms with E-state index in [9.17, 15) is 9.90 Å². The molecule has 0 spiro atoms. The zero-order valence-electron chi connectivity index (χ0n) is 11.8. The number of benzene rings is 1. The Hall–Kier alpha value is -2.05. The van der Waals surface area contributed by atoms with Crippen LogP contribution >= 0.6 is 11.3 Å². The summed E-state index contributed by atoms with van der Waals surface area (Å²) in [6, 6.07) is 8.21. The van der Waals surface area contributed by atoms with Gasteiger partial charge in [0, 0.05) is 11.4 Å². The number of ether oxygens (including phenoxy) is 2. The molecule has 1 unspecified atom stereocenters. The van der Waals surface area contributed by atoms with Crippen LogP contribution in [0.3, 0.4) is 0 Å². The van der Waals surface area contributed by atoms with Gasteiger partial charge in [-0.15, -0.1) is 11.3 Å². The predicted octanol–water partition coefficient (Wildman–Crippen LogP) is 2.68. The Morgan fingerprint density at radius 2 is 2.05 bits per heavy atom. The highest BCUT2D eigenvalue weighted by Gasteiger charge is 2.21. The Labute approximate surface area is 127 Å². The first-order valence-corrected chi connectivity index (χ1v) is 7.24. The Bertz CT molecular complexity index is 598. The summed E-state index contributed by atoms with van der Waals surface area (Å²) in [6.07, 6.45) is 0. The number of hydrogen-bond acceptors (Lipinski definition) is 5. The molecule has 0 radical (unpaired) electrons. The standard InChI is InChI=1S/C15H17NO4S/c1-19-12-6-5-10(8-13(12)20-2)14(15(17)18)16-9-11-4-3-7-21-11/h3-8,14,16H,9H2,1-2H3,(H,17,18). The molecular formula is C15H17NO4S. The second-order valence-electron chi connectivity index (χ2n) is 4.35. The van der Waals surface area contributed by atoms with Crippen LogP contribution in [0, 0.1) is 0 Å². The molecule has 0 amide bonds. The van der Waals surface area contributed by atoms with Gasteiger partial charge in [0.15, 0.2) is 11.5 Å². The van der Waals surface area contributed by atoms with Gasteiger partial charge in [-0.25, -0.2) is 0 Å². The second kappa shape index (κ2) is 7.10. The fourth-order valence-electron chi connectivity index (χ4n) is 2.00. The predicted molar refractivity (Wildman–Crippen MR) is 81.1 cm³/mol. The minimum Gasteiger partial charge on any atom is -0.493 e. The Morgan fingerprint density at radius 3 is 2.62 bits per heavy atom. The zero-order chi connectivity index (χ0) is 15.2. The van der Waals surface area contributed by atoms with Crippen LogP contribution in [0.2, 0.25) is 0 Å². The van der Waals surface area contributed by atoms with Crippen LogP contribution in [0.1, 0.15) is 16.5 Å². The molecule has 0 aliphatic carbocycles. The van der Waals surface area contributed by atoms with Crippen molar-refractivity contribution in [1.82, 2.24) is 5.32 Å². The highest BCUT2D eigenvalue weighted by atomic mass is 32.1. The van der Waals surface area contributed by atoms with Crippen molar-refractivity contribution in [2.75, 3.05) is 14.2 Å². The van der Waals surface area contributed by atoms with Gasteiger partial charge in [-0.05, 0) is 29.1 Å². The molecule has 0 bridgehead atoms. The van der Waals surface area contributed by atoms with Crippen LogP contribution in [-0.2, 0) is 11.3 Å². The van der Waals surface area contributed by atoms with Crippen molar-refractivity contribution in [2.45, 2.75) is 12.6 Å². The molecule has 1 heterocycles. The number of aliphatic carboxylic acids is 1. The van der Waals surface area contributed by atoms with E-state index in [0.717, 1.165) is 4.88 Å². The van der Waals surface area contributed by atoms with Gasteiger partial charge in [-0.3, -0.25) is 10.1 Å². The molecule has 1 aromatic heterocycles. The number of thiophene rings is 1. The molecule has 0 aliphatic heterocycles. The molecule has 0 saturated carbocycles. The van der Waals surface area contributed by atoms with Gasteiger partial charge < -0.3 is 14.6 Å². The summed E-state index contributed by atoms with van der Waals surface area (Å²) in [5, 5.41) is 14.4. The van der Waals surface area contributed by atoms with Gasteiger partial charge >= 0.3 is 5.97 Å². The van der Waals surface area contributed by atoms with Crippen molar-refractivity contribution in [2.24, 2.45) is 0 Å². The molecule has 2 aromatic rings. The maximum Gasteiger partial charge on any atom is 0.325 e. The maximum absolute atomic E-state index is 11.5. The van der Waals surface area contributed by atoms with Crippen LogP contribution in [-0.4, -0.2) is 25.3 Å². The van der Waals surface area contributed by atoms with E-state index >= 15 is 0 Å². The first-order chi connectivity index (χ1) is 10.2. The number of hydrogen-bond donors (Lipinski definition) is 2. The molecule has 112 valence electrons. The second-order valence-corrected chi connectivity index (χ2v) is 5.38. The van der Waals surface area contributed by atoms with E-state index in [1.54, 1.807) is 36.6 Å². The summed E-state index contributed by atoms with van der Waals surface area (Å²) < 4.78 is 10.4. The average Bonchev–Trinajstić information content (AvgIpc) is 3.00. The van der Waals surface area contributed by atoms with Gasteiger partial charge in [-0.1, -0.05) is 12.1 Å². The van der Waals surface area contributed by atoms with Gasteiger partial charge in [0.25, 0.3) is 0 Å². The normalized spacial score (nSPS) is 11.9. The van der Waals surface area contributed by atoms with Gasteiger partial charge in [0.05, 0.1) is 14.2 Å².